The Balaban J connectivity index is 2.25. The molecule has 5 heteroatoms. The average Bonchev–Trinajstić information content (AvgIpc) is 2.60. The van der Waals surface area contributed by atoms with E-state index in [-0.39, 0.29) is 18.0 Å². The molecule has 3 N–H and O–H groups in total. The lowest BCUT2D eigenvalue weighted by Crippen LogP contribution is -2.27. The van der Waals surface area contributed by atoms with E-state index in [1.165, 1.54) is 0 Å². The molecular weight excluding hydrogens is 192 g/mol. The summed E-state index contributed by atoms with van der Waals surface area (Å²) in [5.41, 5.74) is 5.95. The van der Waals surface area contributed by atoms with Crippen LogP contribution in [0.25, 0.3) is 0 Å². The lowest BCUT2D eigenvalue weighted by Gasteiger charge is -2.27. The maximum Gasteiger partial charge on any atom is 0.163 e. The monoisotopic (exact) mass is 206 g/mol. The summed E-state index contributed by atoms with van der Waals surface area (Å²) in [5.74, 6) is 0.246. The molecule has 1 aliphatic carbocycles. The van der Waals surface area contributed by atoms with Crippen LogP contribution in [0.1, 0.15) is 37.3 Å². The van der Waals surface area contributed by atoms with E-state index < -0.39 is 0 Å². The van der Waals surface area contributed by atoms with Crippen LogP contribution >= 0.6 is 0 Å². The number of aliphatic hydroxyl groups excluding tert-OH is 1. The summed E-state index contributed by atoms with van der Waals surface area (Å²) in [4.78, 5) is 0. The minimum Gasteiger partial charge on any atom is -0.391 e. The Morgan fingerprint density at radius 1 is 1.53 bits per heavy atom. The second-order valence-corrected chi connectivity index (χ2v) is 3.94. The van der Waals surface area contributed by atoms with Gasteiger partial charge in [0.25, 0.3) is 0 Å². The van der Waals surface area contributed by atoms with Crippen LogP contribution < -0.4 is 5.73 Å². The molecule has 1 fully saturated rings. The summed E-state index contributed by atoms with van der Waals surface area (Å²) in [5, 5.41) is 22.6. The van der Waals surface area contributed by atoms with Crippen molar-refractivity contribution in [2.45, 2.75) is 37.8 Å². The molecule has 1 aromatic rings. The van der Waals surface area contributed by atoms with Gasteiger partial charge in [0.05, 0.1) is 12.1 Å². The summed E-state index contributed by atoms with van der Waals surface area (Å²) in [6, 6.07) is 1.95. The number of aliphatic hydroxyl groups is 1. The molecule has 0 aliphatic heterocycles. The highest BCUT2D eigenvalue weighted by Gasteiger charge is 2.25. The fourth-order valence-corrected chi connectivity index (χ4v) is 2.06. The second kappa shape index (κ2) is 3.91. The molecule has 1 heterocycles. The molecule has 1 saturated carbocycles. The smallest absolute Gasteiger partial charge is 0.163 e. The minimum atomic E-state index is -0.371. The number of nitrogens with two attached hydrogens (primary N) is 1. The molecule has 0 aromatic carbocycles. The second-order valence-electron chi connectivity index (χ2n) is 3.94. The standard InChI is InChI=1S/C10H14N4O/c11-5-7-6-14(13-10(7)12)8-3-1-2-4-9(8)15/h6,8-9,15H,1-4H2,(H2,12,13). The molecule has 0 saturated heterocycles. The Bertz CT molecular complexity index is 393. The quantitative estimate of drug-likeness (QED) is 0.711. The number of rotatable bonds is 1. The van der Waals surface area contributed by atoms with Crippen molar-refractivity contribution in [3.05, 3.63) is 11.8 Å². The first-order valence-corrected chi connectivity index (χ1v) is 5.15. The largest absolute Gasteiger partial charge is 0.391 e. The summed E-state index contributed by atoms with van der Waals surface area (Å²) in [6.45, 7) is 0. The van der Waals surface area contributed by atoms with Crippen LogP contribution in [0.5, 0.6) is 0 Å². The molecule has 0 spiro atoms. The molecule has 80 valence electrons. The van der Waals surface area contributed by atoms with Gasteiger partial charge in [-0.2, -0.15) is 10.4 Å². The zero-order valence-corrected chi connectivity index (χ0v) is 8.43. The zero-order chi connectivity index (χ0) is 10.8. The number of aromatic nitrogens is 2. The van der Waals surface area contributed by atoms with Gasteiger partial charge >= 0.3 is 0 Å². The lowest BCUT2D eigenvalue weighted by molar-refractivity contribution is 0.0696. The Kier molecular flexibility index (Phi) is 2.60. The molecule has 5 nitrogen and oxygen atoms in total. The molecule has 0 amide bonds. The van der Waals surface area contributed by atoms with Crippen LogP contribution in [0.3, 0.4) is 0 Å². The van der Waals surface area contributed by atoms with Crippen molar-refractivity contribution in [1.82, 2.24) is 9.78 Å². The third-order valence-corrected chi connectivity index (χ3v) is 2.91. The van der Waals surface area contributed by atoms with Gasteiger partial charge in [-0.05, 0) is 12.8 Å². The predicted molar refractivity (Wildman–Crippen MR) is 54.9 cm³/mol. The van der Waals surface area contributed by atoms with E-state index in [1.807, 2.05) is 6.07 Å². The number of hydrogen-bond donors (Lipinski definition) is 2. The summed E-state index contributed by atoms with van der Waals surface area (Å²) in [6.07, 6.45) is 5.08. The molecule has 2 rings (SSSR count). The van der Waals surface area contributed by atoms with Crippen LogP contribution in [0.4, 0.5) is 5.82 Å². The van der Waals surface area contributed by atoms with E-state index >= 15 is 0 Å². The first-order chi connectivity index (χ1) is 7.22. The van der Waals surface area contributed by atoms with E-state index in [2.05, 4.69) is 5.10 Å². The molecule has 2 atom stereocenters. The highest BCUT2D eigenvalue weighted by Crippen LogP contribution is 2.28. The molecule has 1 aromatic heterocycles. The topological polar surface area (TPSA) is 87.9 Å². The Morgan fingerprint density at radius 2 is 2.27 bits per heavy atom. The van der Waals surface area contributed by atoms with Gasteiger partial charge in [0.2, 0.25) is 0 Å². The fraction of sp³-hybridized carbons (Fsp3) is 0.600. The van der Waals surface area contributed by atoms with Crippen LogP contribution in [0, 0.1) is 11.3 Å². The first kappa shape index (κ1) is 9.99. The van der Waals surface area contributed by atoms with Gasteiger partial charge in [-0.1, -0.05) is 12.8 Å². The van der Waals surface area contributed by atoms with Crippen molar-refractivity contribution in [1.29, 1.82) is 5.26 Å². The first-order valence-electron chi connectivity index (χ1n) is 5.15. The molecule has 15 heavy (non-hydrogen) atoms. The van der Waals surface area contributed by atoms with E-state index in [0.29, 0.717) is 5.56 Å². The van der Waals surface area contributed by atoms with Crippen LogP contribution in [-0.4, -0.2) is 21.0 Å². The van der Waals surface area contributed by atoms with Gasteiger partial charge in [0, 0.05) is 6.20 Å². The van der Waals surface area contributed by atoms with E-state index in [9.17, 15) is 5.11 Å². The van der Waals surface area contributed by atoms with Crippen molar-refractivity contribution in [2.24, 2.45) is 0 Å². The number of nitrogen functional groups attached to an aromatic ring is 1. The van der Waals surface area contributed by atoms with E-state index in [0.717, 1.165) is 25.7 Å². The maximum atomic E-state index is 9.81. The van der Waals surface area contributed by atoms with Crippen LogP contribution in [0.2, 0.25) is 0 Å². The molecule has 0 bridgehead atoms. The highest BCUT2D eigenvalue weighted by molar-refractivity contribution is 5.46. The average molecular weight is 206 g/mol. The van der Waals surface area contributed by atoms with E-state index in [4.69, 9.17) is 11.0 Å². The predicted octanol–water partition coefficient (Wildman–Crippen LogP) is 0.813. The third kappa shape index (κ3) is 1.81. The summed E-state index contributed by atoms with van der Waals surface area (Å²) >= 11 is 0. The maximum absolute atomic E-state index is 9.81. The molecule has 0 radical (unpaired) electrons. The van der Waals surface area contributed by atoms with Crippen LogP contribution in [-0.2, 0) is 0 Å². The molecule has 2 unspecified atom stereocenters. The SMILES string of the molecule is N#Cc1cn(C2CCCCC2O)nc1N. The van der Waals surface area contributed by atoms with E-state index in [1.54, 1.807) is 10.9 Å². The Hall–Kier alpha value is -1.54. The fourth-order valence-electron chi connectivity index (χ4n) is 2.06. The lowest BCUT2D eigenvalue weighted by atomic mass is 9.93. The van der Waals surface area contributed by atoms with Gasteiger partial charge < -0.3 is 10.8 Å². The van der Waals surface area contributed by atoms with Gasteiger partial charge in [-0.3, -0.25) is 4.68 Å². The Labute approximate surface area is 88.1 Å². The third-order valence-electron chi connectivity index (χ3n) is 2.91. The van der Waals surface area contributed by atoms with Crippen molar-refractivity contribution in [3.8, 4) is 6.07 Å². The highest BCUT2D eigenvalue weighted by atomic mass is 16.3. The van der Waals surface area contributed by atoms with Crippen molar-refractivity contribution in [3.63, 3.8) is 0 Å². The van der Waals surface area contributed by atoms with Crippen molar-refractivity contribution in [2.75, 3.05) is 5.73 Å². The van der Waals surface area contributed by atoms with Crippen LogP contribution in [0.15, 0.2) is 6.20 Å². The normalized spacial score (nSPS) is 26.1. The number of nitriles is 1. The van der Waals surface area contributed by atoms with Gasteiger partial charge in [-0.25, -0.2) is 0 Å². The zero-order valence-electron chi connectivity index (χ0n) is 8.43. The van der Waals surface area contributed by atoms with Crippen molar-refractivity contribution < 1.29 is 5.11 Å². The van der Waals surface area contributed by atoms with Gasteiger partial charge in [0.1, 0.15) is 11.6 Å². The number of anilines is 1. The molecule has 1 aliphatic rings. The van der Waals surface area contributed by atoms with Crippen molar-refractivity contribution >= 4 is 5.82 Å². The Morgan fingerprint density at radius 3 is 2.87 bits per heavy atom. The van der Waals surface area contributed by atoms with Gasteiger partial charge in [-0.15, -0.1) is 0 Å². The minimum absolute atomic E-state index is 0.0249. The summed E-state index contributed by atoms with van der Waals surface area (Å²) in [7, 11) is 0. The number of nitrogens with zero attached hydrogens (tertiary/aromatic N) is 3. The summed E-state index contributed by atoms with van der Waals surface area (Å²) < 4.78 is 1.64. The van der Waals surface area contributed by atoms with Gasteiger partial charge in [0.15, 0.2) is 5.82 Å². The number of hydrogen-bond acceptors (Lipinski definition) is 4. The molecular formula is C10H14N4O.